The molecule has 0 aromatic heterocycles. The number of carbonyl (C=O) groups is 1. The molecule has 0 radical (unpaired) electrons. The molecule has 0 aliphatic carbocycles. The number of carbonyl (C=O) groups excluding carboxylic acids is 1. The summed E-state index contributed by atoms with van der Waals surface area (Å²) < 4.78 is 5.22. The lowest BCUT2D eigenvalue weighted by Gasteiger charge is -2.11. The van der Waals surface area contributed by atoms with Gasteiger partial charge in [-0.2, -0.15) is 0 Å². The van der Waals surface area contributed by atoms with E-state index in [4.69, 9.17) is 16.3 Å². The summed E-state index contributed by atoms with van der Waals surface area (Å²) in [4.78, 5) is 11.8. The molecule has 1 heterocycles. The number of hydrogen-bond donors (Lipinski definition) is 2. The molecule has 0 saturated carbocycles. The van der Waals surface area contributed by atoms with Crippen LogP contribution in [0, 0.1) is 0 Å². The highest BCUT2D eigenvalue weighted by atomic mass is 35.5. The molecule has 1 aliphatic rings. The Balaban J connectivity index is 1.44. The molecule has 5 heteroatoms. The van der Waals surface area contributed by atoms with E-state index in [1.165, 1.54) is 5.56 Å². The number of benzene rings is 2. The van der Waals surface area contributed by atoms with Gasteiger partial charge in [0.15, 0.2) is 0 Å². The zero-order valence-corrected chi connectivity index (χ0v) is 14.2. The van der Waals surface area contributed by atoms with Crippen molar-refractivity contribution in [3.8, 4) is 0 Å². The Kier molecular flexibility index (Phi) is 5.72. The van der Waals surface area contributed by atoms with Gasteiger partial charge in [0.2, 0.25) is 0 Å². The minimum absolute atomic E-state index is 0.317. The highest BCUT2D eigenvalue weighted by Crippen LogP contribution is 2.23. The topological polar surface area (TPSA) is 50.4 Å². The molecule has 1 fully saturated rings. The molecular formula is C19H21ClN2O2. The molecular weight excluding hydrogens is 324 g/mol. The second-order valence-electron chi connectivity index (χ2n) is 5.95. The zero-order valence-electron chi connectivity index (χ0n) is 13.4. The summed E-state index contributed by atoms with van der Waals surface area (Å²) in [6.45, 7) is 2.42. The highest BCUT2D eigenvalue weighted by Gasteiger charge is 2.16. The maximum Gasteiger partial charge on any atom is 0.411 e. The maximum absolute atomic E-state index is 11.8. The number of rotatable bonds is 5. The molecule has 1 saturated heterocycles. The van der Waals surface area contributed by atoms with Crippen LogP contribution in [0.25, 0.3) is 0 Å². The Morgan fingerprint density at radius 3 is 2.79 bits per heavy atom. The van der Waals surface area contributed by atoms with E-state index in [2.05, 4.69) is 22.8 Å². The fraction of sp³-hybridized carbons (Fsp3) is 0.316. The van der Waals surface area contributed by atoms with Crippen LogP contribution in [0.2, 0.25) is 5.02 Å². The lowest BCUT2D eigenvalue weighted by molar-refractivity contribution is 0.163. The Hall–Kier alpha value is -2.04. The normalized spacial score (nSPS) is 16.8. The van der Waals surface area contributed by atoms with Crippen LogP contribution < -0.4 is 10.6 Å². The molecule has 0 spiro atoms. The SMILES string of the molecule is O=C(Nc1ccc([C@H]2CCNC2)cc1)OCCc1cccc(Cl)c1. The second kappa shape index (κ2) is 8.18. The summed E-state index contributed by atoms with van der Waals surface area (Å²) in [6, 6.07) is 15.5. The first kappa shape index (κ1) is 16.8. The van der Waals surface area contributed by atoms with Crippen molar-refractivity contribution in [3.05, 3.63) is 64.7 Å². The fourth-order valence-corrected chi connectivity index (χ4v) is 3.10. The van der Waals surface area contributed by atoms with Gasteiger partial charge in [0.05, 0.1) is 6.61 Å². The molecule has 126 valence electrons. The average Bonchev–Trinajstić information content (AvgIpc) is 3.10. The first-order valence-electron chi connectivity index (χ1n) is 8.19. The lowest BCUT2D eigenvalue weighted by atomic mass is 9.98. The predicted molar refractivity (Wildman–Crippen MR) is 96.8 cm³/mol. The molecule has 2 N–H and O–H groups in total. The minimum atomic E-state index is -0.438. The molecule has 2 aromatic carbocycles. The monoisotopic (exact) mass is 344 g/mol. The van der Waals surface area contributed by atoms with E-state index >= 15 is 0 Å². The van der Waals surface area contributed by atoms with Gasteiger partial charge >= 0.3 is 6.09 Å². The third-order valence-electron chi connectivity index (χ3n) is 4.20. The molecule has 0 bridgehead atoms. The van der Waals surface area contributed by atoms with Crippen LogP contribution in [0.5, 0.6) is 0 Å². The Morgan fingerprint density at radius 2 is 2.08 bits per heavy atom. The third kappa shape index (κ3) is 4.73. The van der Waals surface area contributed by atoms with Crippen LogP contribution in [0.4, 0.5) is 10.5 Å². The number of nitrogens with one attached hydrogen (secondary N) is 2. The van der Waals surface area contributed by atoms with Gasteiger partial charge in [-0.3, -0.25) is 5.32 Å². The summed E-state index contributed by atoms with van der Waals surface area (Å²) >= 11 is 5.93. The van der Waals surface area contributed by atoms with Crippen LogP contribution in [0.1, 0.15) is 23.5 Å². The summed E-state index contributed by atoms with van der Waals surface area (Å²) in [7, 11) is 0. The molecule has 3 rings (SSSR count). The van der Waals surface area contributed by atoms with Crippen molar-refractivity contribution in [3.63, 3.8) is 0 Å². The van der Waals surface area contributed by atoms with E-state index in [-0.39, 0.29) is 0 Å². The smallest absolute Gasteiger partial charge is 0.411 e. The first-order valence-corrected chi connectivity index (χ1v) is 8.57. The van der Waals surface area contributed by atoms with E-state index in [0.717, 1.165) is 30.8 Å². The van der Waals surface area contributed by atoms with Gasteiger partial charge < -0.3 is 10.1 Å². The number of anilines is 1. The third-order valence-corrected chi connectivity index (χ3v) is 4.44. The highest BCUT2D eigenvalue weighted by molar-refractivity contribution is 6.30. The fourth-order valence-electron chi connectivity index (χ4n) is 2.89. The number of hydrogen-bond acceptors (Lipinski definition) is 3. The number of amides is 1. The number of ether oxygens (including phenoxy) is 1. The van der Waals surface area contributed by atoms with Gasteiger partial charge in [-0.15, -0.1) is 0 Å². The summed E-state index contributed by atoms with van der Waals surface area (Å²) in [5.74, 6) is 0.573. The zero-order chi connectivity index (χ0) is 16.8. The average molecular weight is 345 g/mol. The molecule has 0 unspecified atom stereocenters. The van der Waals surface area contributed by atoms with Gasteiger partial charge in [-0.25, -0.2) is 4.79 Å². The standard InChI is InChI=1S/C19H21ClN2O2/c20-17-3-1-2-14(12-17)9-11-24-19(23)22-18-6-4-15(5-7-18)16-8-10-21-13-16/h1-7,12,16,21H,8-11,13H2,(H,22,23)/t16-/m0/s1. The van der Waals surface area contributed by atoms with Gasteiger partial charge in [-0.1, -0.05) is 35.9 Å². The van der Waals surface area contributed by atoms with Crippen LogP contribution >= 0.6 is 11.6 Å². The van der Waals surface area contributed by atoms with E-state index in [0.29, 0.717) is 24.0 Å². The van der Waals surface area contributed by atoms with Crippen molar-refractivity contribution in [1.29, 1.82) is 0 Å². The van der Waals surface area contributed by atoms with Gasteiger partial charge in [-0.05, 0) is 54.3 Å². The largest absolute Gasteiger partial charge is 0.449 e. The maximum atomic E-state index is 11.8. The van der Waals surface area contributed by atoms with E-state index in [1.54, 1.807) is 0 Å². The minimum Gasteiger partial charge on any atom is -0.449 e. The first-order chi connectivity index (χ1) is 11.7. The molecule has 2 aromatic rings. The summed E-state index contributed by atoms with van der Waals surface area (Å²) in [5, 5.41) is 6.80. The van der Waals surface area contributed by atoms with E-state index < -0.39 is 6.09 Å². The Morgan fingerprint density at radius 1 is 1.25 bits per heavy atom. The van der Waals surface area contributed by atoms with Crippen molar-refractivity contribution in [1.82, 2.24) is 5.32 Å². The van der Waals surface area contributed by atoms with Crippen LogP contribution in [0.15, 0.2) is 48.5 Å². The Labute approximate surface area is 147 Å². The second-order valence-corrected chi connectivity index (χ2v) is 6.39. The quantitative estimate of drug-likeness (QED) is 0.854. The predicted octanol–water partition coefficient (Wildman–Crippen LogP) is 4.21. The van der Waals surface area contributed by atoms with E-state index in [1.807, 2.05) is 36.4 Å². The Bertz CT molecular complexity index is 682. The molecule has 1 aliphatic heterocycles. The van der Waals surface area contributed by atoms with Crippen LogP contribution in [-0.2, 0) is 11.2 Å². The number of halogens is 1. The lowest BCUT2D eigenvalue weighted by Crippen LogP contribution is -2.15. The van der Waals surface area contributed by atoms with Crippen molar-refractivity contribution < 1.29 is 9.53 Å². The van der Waals surface area contributed by atoms with Crippen molar-refractivity contribution in [2.75, 3.05) is 25.0 Å². The van der Waals surface area contributed by atoms with Crippen LogP contribution in [0.3, 0.4) is 0 Å². The molecule has 1 atom stereocenters. The van der Waals surface area contributed by atoms with Crippen molar-refractivity contribution >= 4 is 23.4 Å². The molecule has 4 nitrogen and oxygen atoms in total. The van der Waals surface area contributed by atoms with Crippen molar-refractivity contribution in [2.45, 2.75) is 18.8 Å². The van der Waals surface area contributed by atoms with Crippen molar-refractivity contribution in [2.24, 2.45) is 0 Å². The van der Waals surface area contributed by atoms with E-state index in [9.17, 15) is 4.79 Å². The summed E-state index contributed by atoms with van der Waals surface area (Å²) in [6.07, 6.45) is 1.37. The summed E-state index contributed by atoms with van der Waals surface area (Å²) in [5.41, 5.74) is 3.10. The van der Waals surface area contributed by atoms with Gasteiger partial charge in [0, 0.05) is 23.7 Å². The molecule has 24 heavy (non-hydrogen) atoms. The molecule has 1 amide bonds. The van der Waals surface area contributed by atoms with Gasteiger partial charge in [0.1, 0.15) is 0 Å². The van der Waals surface area contributed by atoms with Gasteiger partial charge in [0.25, 0.3) is 0 Å². The van der Waals surface area contributed by atoms with Crippen LogP contribution in [-0.4, -0.2) is 25.8 Å².